The van der Waals surface area contributed by atoms with Crippen LogP contribution in [0.1, 0.15) is 12.8 Å². The smallest absolute Gasteiger partial charge is 0.167 e. The molecule has 6 heterocycles. The lowest BCUT2D eigenvalue weighted by Gasteiger charge is -2.46. The monoisotopic (exact) mass is 400 g/mol. The van der Waals surface area contributed by atoms with Crippen LogP contribution in [-0.4, -0.2) is 44.7 Å². The number of aromatic nitrogens is 4. The molecule has 7 rings (SSSR count). The van der Waals surface area contributed by atoms with Gasteiger partial charge in [-0.15, -0.1) is 0 Å². The van der Waals surface area contributed by atoms with Crippen LogP contribution in [0.2, 0.25) is 0 Å². The zero-order chi connectivity index (χ0) is 20.1. The summed E-state index contributed by atoms with van der Waals surface area (Å²) >= 11 is 0. The molecule has 3 saturated heterocycles. The van der Waals surface area contributed by atoms with E-state index in [1.165, 1.54) is 18.9 Å². The molecule has 3 fully saturated rings. The lowest BCUT2D eigenvalue weighted by molar-refractivity contribution is 0.289. The molecule has 2 bridgehead atoms. The number of anilines is 1. The molecule has 3 aromatic heterocycles. The Hall–Kier alpha value is -3.32. The van der Waals surface area contributed by atoms with Crippen molar-refractivity contribution in [3.8, 4) is 17.1 Å². The van der Waals surface area contributed by atoms with E-state index in [-0.39, 0.29) is 5.82 Å². The molecule has 0 spiro atoms. The topological polar surface area (TPSA) is 58.9 Å². The van der Waals surface area contributed by atoms with E-state index in [1.807, 2.05) is 34.9 Å². The Kier molecular flexibility index (Phi) is 4.02. The maximum absolute atomic E-state index is 14.7. The lowest BCUT2D eigenvalue weighted by atomic mass is 9.93. The predicted octanol–water partition coefficient (Wildman–Crippen LogP) is 3.56. The summed E-state index contributed by atoms with van der Waals surface area (Å²) in [6, 6.07) is 15.5. The summed E-state index contributed by atoms with van der Waals surface area (Å²) in [6.45, 7) is 1.96. The van der Waals surface area contributed by atoms with Crippen molar-refractivity contribution in [2.75, 3.05) is 18.0 Å². The molecule has 6 nitrogen and oxygen atoms in total. The number of fused-ring (bicyclic) bond motifs is 4. The Morgan fingerprint density at radius 3 is 2.57 bits per heavy atom. The number of nitrogens with one attached hydrogen (secondary N) is 1. The van der Waals surface area contributed by atoms with Crippen molar-refractivity contribution in [1.29, 1.82) is 0 Å². The van der Waals surface area contributed by atoms with Gasteiger partial charge < -0.3 is 10.2 Å². The van der Waals surface area contributed by atoms with E-state index in [0.29, 0.717) is 23.5 Å². The first-order valence-electron chi connectivity index (χ1n) is 10.3. The molecule has 7 heteroatoms. The minimum atomic E-state index is -0.303. The summed E-state index contributed by atoms with van der Waals surface area (Å²) < 4.78 is 16.6. The van der Waals surface area contributed by atoms with Gasteiger partial charge in [-0.3, -0.25) is 9.55 Å². The molecule has 0 radical (unpaired) electrons. The Morgan fingerprint density at radius 1 is 0.967 bits per heavy atom. The second-order valence-electron chi connectivity index (χ2n) is 7.96. The fourth-order valence-corrected chi connectivity index (χ4v) is 4.66. The minimum Gasteiger partial charge on any atom is -0.351 e. The maximum atomic E-state index is 14.7. The minimum absolute atomic E-state index is 0.303. The van der Waals surface area contributed by atoms with Crippen LogP contribution in [0.3, 0.4) is 0 Å². The second kappa shape index (κ2) is 6.88. The quantitative estimate of drug-likeness (QED) is 0.570. The van der Waals surface area contributed by atoms with E-state index >= 15 is 0 Å². The highest BCUT2D eigenvalue weighted by molar-refractivity contribution is 5.81. The molecule has 3 aliphatic rings. The van der Waals surface area contributed by atoms with Crippen molar-refractivity contribution in [3.05, 3.63) is 66.7 Å². The molecule has 150 valence electrons. The van der Waals surface area contributed by atoms with Crippen LogP contribution in [0, 0.1) is 5.82 Å². The second-order valence-corrected chi connectivity index (χ2v) is 7.96. The van der Waals surface area contributed by atoms with Crippen LogP contribution < -0.4 is 10.2 Å². The molecule has 0 amide bonds. The van der Waals surface area contributed by atoms with Gasteiger partial charge in [0.25, 0.3) is 0 Å². The van der Waals surface area contributed by atoms with E-state index in [0.717, 1.165) is 35.8 Å². The third-order valence-corrected chi connectivity index (χ3v) is 6.17. The van der Waals surface area contributed by atoms with E-state index in [2.05, 4.69) is 15.2 Å². The number of pyridine rings is 2. The molecule has 0 saturated carbocycles. The van der Waals surface area contributed by atoms with E-state index in [9.17, 15) is 4.39 Å². The van der Waals surface area contributed by atoms with Crippen molar-refractivity contribution in [3.63, 3.8) is 0 Å². The van der Waals surface area contributed by atoms with Crippen molar-refractivity contribution in [1.82, 2.24) is 24.8 Å². The van der Waals surface area contributed by atoms with Gasteiger partial charge in [0.05, 0.1) is 11.3 Å². The zero-order valence-corrected chi connectivity index (χ0v) is 16.4. The number of benzene rings is 1. The number of hydrogen-bond acceptors (Lipinski definition) is 5. The van der Waals surface area contributed by atoms with Gasteiger partial charge in [-0.05, 0) is 49.2 Å². The molecule has 4 aromatic rings. The first-order chi connectivity index (χ1) is 14.8. The molecule has 2 atom stereocenters. The summed E-state index contributed by atoms with van der Waals surface area (Å²) in [5, 5.41) is 3.59. The highest BCUT2D eigenvalue weighted by Gasteiger charge is 2.34. The van der Waals surface area contributed by atoms with Crippen LogP contribution >= 0.6 is 0 Å². The van der Waals surface area contributed by atoms with Gasteiger partial charge in [0.1, 0.15) is 23.0 Å². The fourth-order valence-electron chi connectivity index (χ4n) is 4.66. The largest absolute Gasteiger partial charge is 0.351 e. The normalized spacial score (nSPS) is 20.8. The van der Waals surface area contributed by atoms with Crippen molar-refractivity contribution >= 4 is 17.0 Å². The molecule has 2 unspecified atom stereocenters. The molecule has 1 aromatic carbocycles. The maximum Gasteiger partial charge on any atom is 0.167 e. The van der Waals surface area contributed by atoms with Gasteiger partial charge in [-0.25, -0.2) is 14.4 Å². The van der Waals surface area contributed by atoms with Gasteiger partial charge in [-0.1, -0.05) is 12.1 Å². The third-order valence-electron chi connectivity index (χ3n) is 6.17. The first-order valence-corrected chi connectivity index (χ1v) is 10.3. The average Bonchev–Trinajstić information content (AvgIpc) is 3.19. The molecule has 30 heavy (non-hydrogen) atoms. The van der Waals surface area contributed by atoms with Crippen LogP contribution in [0.15, 0.2) is 60.9 Å². The van der Waals surface area contributed by atoms with Gasteiger partial charge in [0, 0.05) is 37.6 Å². The SMILES string of the molecule is Fc1ccccc1-c1nc2ccc(N3CC4CCC3CN4)nc2n1-c1ccncc1. The van der Waals surface area contributed by atoms with Crippen LogP contribution in [0.4, 0.5) is 10.2 Å². The van der Waals surface area contributed by atoms with Crippen LogP contribution in [-0.2, 0) is 0 Å². The molecular formula is C23H21FN6. The highest BCUT2D eigenvalue weighted by atomic mass is 19.1. The number of piperidine rings is 2. The van der Waals surface area contributed by atoms with Crippen molar-refractivity contribution in [2.45, 2.75) is 24.9 Å². The first kappa shape index (κ1) is 17.5. The van der Waals surface area contributed by atoms with Crippen molar-refractivity contribution in [2.24, 2.45) is 0 Å². The number of piperazine rings is 1. The van der Waals surface area contributed by atoms with Gasteiger partial charge in [0.2, 0.25) is 0 Å². The molecular weight excluding hydrogens is 379 g/mol. The van der Waals surface area contributed by atoms with E-state index in [1.54, 1.807) is 24.5 Å². The fraction of sp³-hybridized carbons (Fsp3) is 0.261. The van der Waals surface area contributed by atoms with Crippen molar-refractivity contribution < 1.29 is 4.39 Å². The summed E-state index contributed by atoms with van der Waals surface area (Å²) in [5.41, 5.74) is 2.78. The van der Waals surface area contributed by atoms with Gasteiger partial charge in [0.15, 0.2) is 5.65 Å². The zero-order valence-electron chi connectivity index (χ0n) is 16.4. The molecule has 3 aliphatic heterocycles. The number of hydrogen-bond donors (Lipinski definition) is 1. The lowest BCUT2D eigenvalue weighted by Crippen LogP contribution is -2.61. The summed E-state index contributed by atoms with van der Waals surface area (Å²) in [4.78, 5) is 16.3. The average molecular weight is 400 g/mol. The number of imidazole rings is 1. The Morgan fingerprint density at radius 2 is 1.83 bits per heavy atom. The number of rotatable bonds is 3. The molecule has 0 aliphatic carbocycles. The number of halogens is 1. The van der Waals surface area contributed by atoms with E-state index in [4.69, 9.17) is 9.97 Å². The predicted molar refractivity (Wildman–Crippen MR) is 114 cm³/mol. The van der Waals surface area contributed by atoms with Crippen LogP contribution in [0.25, 0.3) is 28.2 Å². The summed E-state index contributed by atoms with van der Waals surface area (Å²) in [6.07, 6.45) is 5.86. The Labute approximate surface area is 173 Å². The van der Waals surface area contributed by atoms with E-state index < -0.39 is 0 Å². The summed E-state index contributed by atoms with van der Waals surface area (Å²) in [7, 11) is 0. The van der Waals surface area contributed by atoms with Gasteiger partial charge in [-0.2, -0.15) is 0 Å². The summed E-state index contributed by atoms with van der Waals surface area (Å²) in [5.74, 6) is 1.19. The Balaban J connectivity index is 1.56. The standard InChI is InChI=1S/C23H21FN6/c24-19-4-2-1-3-18(19)22-27-20-7-8-21(29-14-15-5-6-17(29)13-26-15)28-23(20)30(22)16-9-11-25-12-10-16/h1-4,7-12,15,17,26H,5-6,13-14H2. The van der Waals surface area contributed by atoms with Crippen LogP contribution in [0.5, 0.6) is 0 Å². The molecule has 1 N–H and O–H groups in total. The Bertz CT molecular complexity index is 1210. The highest BCUT2D eigenvalue weighted by Crippen LogP contribution is 2.32. The third kappa shape index (κ3) is 2.77. The van der Waals surface area contributed by atoms with Gasteiger partial charge >= 0.3 is 0 Å². The number of nitrogens with zero attached hydrogens (tertiary/aromatic N) is 5.